The van der Waals surface area contributed by atoms with Crippen LogP contribution in [0.4, 0.5) is 8.78 Å². The summed E-state index contributed by atoms with van der Waals surface area (Å²) in [5.74, 6) is -3.87. The summed E-state index contributed by atoms with van der Waals surface area (Å²) in [5, 5.41) is 10.9. The Bertz CT molecular complexity index is 468. The van der Waals surface area contributed by atoms with Crippen molar-refractivity contribution in [2.24, 2.45) is 0 Å². The summed E-state index contributed by atoms with van der Waals surface area (Å²) in [6.07, 6.45) is 7.04. The van der Waals surface area contributed by atoms with Crippen molar-refractivity contribution in [1.82, 2.24) is 0 Å². The van der Waals surface area contributed by atoms with E-state index in [9.17, 15) is 13.9 Å². The minimum Gasteiger partial charge on any atom is -0.343 e. The molecule has 3 nitrogen and oxygen atoms in total. The Kier molecular flexibility index (Phi) is 10.2. The normalized spacial score (nSPS) is 13.2. The van der Waals surface area contributed by atoms with Gasteiger partial charge in [0.05, 0.1) is 5.92 Å². The lowest BCUT2D eigenvalue weighted by atomic mass is 9.90. The first-order valence-electron chi connectivity index (χ1n) is 9.43. The summed E-state index contributed by atoms with van der Waals surface area (Å²) in [6, 6.07) is 3.31. The molecule has 0 saturated heterocycles. The summed E-state index contributed by atoms with van der Waals surface area (Å²) in [6.45, 7) is 6.14. The number of halogens is 2. The first-order chi connectivity index (χ1) is 12.0. The van der Waals surface area contributed by atoms with Crippen LogP contribution in [0.3, 0.4) is 0 Å². The Morgan fingerprint density at radius 3 is 1.92 bits per heavy atom. The van der Waals surface area contributed by atoms with E-state index in [2.05, 4.69) is 6.92 Å². The molecule has 0 heterocycles. The highest BCUT2D eigenvalue weighted by molar-refractivity contribution is 5.23. The molecule has 0 fully saturated rings. The van der Waals surface area contributed by atoms with E-state index in [1.165, 1.54) is 31.4 Å². The molecule has 25 heavy (non-hydrogen) atoms. The van der Waals surface area contributed by atoms with E-state index >= 15 is 0 Å². The fraction of sp³-hybridized carbons (Fsp3) is 0.700. The third-order valence-electron chi connectivity index (χ3n) is 4.28. The molecule has 0 aliphatic rings. The average Bonchev–Trinajstić information content (AvgIpc) is 2.53. The third kappa shape index (κ3) is 7.38. The minimum absolute atomic E-state index is 0.237. The molecule has 1 N–H and O–H groups in total. The molecule has 5 heteroatoms. The Balaban J connectivity index is 2.92. The zero-order valence-electron chi connectivity index (χ0n) is 15.7. The molecule has 144 valence electrons. The first-order valence-corrected chi connectivity index (χ1v) is 9.43. The van der Waals surface area contributed by atoms with Gasteiger partial charge >= 0.3 is 0 Å². The Hall–Kier alpha value is -1.04. The molecule has 0 bridgehead atoms. The molecule has 0 aliphatic carbocycles. The van der Waals surface area contributed by atoms with Crippen LogP contribution in [-0.4, -0.2) is 24.3 Å². The maximum absolute atomic E-state index is 13.7. The second kappa shape index (κ2) is 11.6. The zero-order valence-corrected chi connectivity index (χ0v) is 15.7. The molecule has 0 spiro atoms. The van der Waals surface area contributed by atoms with Gasteiger partial charge in [0.15, 0.2) is 0 Å². The lowest BCUT2D eigenvalue weighted by Gasteiger charge is -2.35. The van der Waals surface area contributed by atoms with Crippen LogP contribution in [0.25, 0.3) is 0 Å². The molecule has 0 aromatic heterocycles. The van der Waals surface area contributed by atoms with Crippen LogP contribution in [0.1, 0.15) is 77.2 Å². The van der Waals surface area contributed by atoms with Crippen LogP contribution in [0.2, 0.25) is 0 Å². The quantitative estimate of drug-likeness (QED) is 0.373. The number of hydrogen-bond donors (Lipinski definition) is 1. The topological polar surface area (TPSA) is 38.7 Å². The monoisotopic (exact) mass is 358 g/mol. The molecule has 1 unspecified atom stereocenters. The predicted octanol–water partition coefficient (Wildman–Crippen LogP) is 5.52. The number of hydrogen-bond acceptors (Lipinski definition) is 3. The smallest absolute Gasteiger partial charge is 0.287 e. The summed E-state index contributed by atoms with van der Waals surface area (Å²) < 4.78 is 38.2. The van der Waals surface area contributed by atoms with Gasteiger partial charge in [-0.3, -0.25) is 0 Å². The van der Waals surface area contributed by atoms with E-state index in [0.29, 0.717) is 12.0 Å². The van der Waals surface area contributed by atoms with Gasteiger partial charge in [-0.15, -0.1) is 0 Å². The van der Waals surface area contributed by atoms with Crippen LogP contribution >= 0.6 is 0 Å². The van der Waals surface area contributed by atoms with Crippen molar-refractivity contribution in [3.8, 4) is 0 Å². The SMILES string of the molecule is CCCCCCCCC(c1cc(F)cc(F)c1)C(O)(OCC)OCC. The predicted molar refractivity (Wildman–Crippen MR) is 95.3 cm³/mol. The van der Waals surface area contributed by atoms with E-state index in [-0.39, 0.29) is 13.2 Å². The molecule has 0 aliphatic heterocycles. The van der Waals surface area contributed by atoms with E-state index in [0.717, 1.165) is 25.3 Å². The van der Waals surface area contributed by atoms with Crippen LogP contribution < -0.4 is 0 Å². The number of rotatable bonds is 13. The number of ether oxygens (including phenoxy) is 2. The van der Waals surface area contributed by atoms with Gasteiger partial charge in [0, 0.05) is 19.3 Å². The van der Waals surface area contributed by atoms with Gasteiger partial charge in [-0.2, -0.15) is 0 Å². The van der Waals surface area contributed by atoms with Gasteiger partial charge in [0.1, 0.15) is 11.6 Å². The van der Waals surface area contributed by atoms with Crippen molar-refractivity contribution in [2.45, 2.75) is 77.6 Å². The summed E-state index contributed by atoms with van der Waals surface area (Å²) in [5.41, 5.74) is 0.357. The lowest BCUT2D eigenvalue weighted by molar-refractivity contribution is -0.370. The lowest BCUT2D eigenvalue weighted by Crippen LogP contribution is -2.42. The molecule has 1 aromatic rings. The first kappa shape index (κ1) is 22.0. The molecule has 1 aromatic carbocycles. The summed E-state index contributed by atoms with van der Waals surface area (Å²) in [4.78, 5) is 0. The van der Waals surface area contributed by atoms with Gasteiger partial charge in [0.25, 0.3) is 5.97 Å². The van der Waals surface area contributed by atoms with Gasteiger partial charge in [0.2, 0.25) is 0 Å². The molecule has 1 rings (SSSR count). The maximum Gasteiger partial charge on any atom is 0.287 e. The highest BCUT2D eigenvalue weighted by Crippen LogP contribution is 2.36. The molecular formula is C20H32F2O3. The van der Waals surface area contributed by atoms with Crippen molar-refractivity contribution in [2.75, 3.05) is 13.2 Å². The van der Waals surface area contributed by atoms with Gasteiger partial charge in [-0.1, -0.05) is 45.4 Å². The standard InChI is InChI=1S/C20H32F2O3/c1-4-7-8-9-10-11-12-19(20(23,24-5-2)25-6-3)16-13-17(21)15-18(22)14-16/h13-15,19,23H,4-12H2,1-3H3. The van der Waals surface area contributed by atoms with E-state index in [1.54, 1.807) is 13.8 Å². The number of aliphatic hydroxyl groups is 1. The largest absolute Gasteiger partial charge is 0.343 e. The van der Waals surface area contributed by atoms with Crippen LogP contribution in [0, 0.1) is 11.6 Å². The number of benzene rings is 1. The molecule has 1 atom stereocenters. The van der Waals surface area contributed by atoms with Gasteiger partial charge in [-0.05, 0) is 38.0 Å². The Labute approximate surface area is 150 Å². The molecule has 0 radical (unpaired) electrons. The van der Waals surface area contributed by atoms with Crippen LogP contribution in [0.15, 0.2) is 18.2 Å². The Morgan fingerprint density at radius 1 is 0.880 bits per heavy atom. The molecule has 0 saturated carbocycles. The molecule has 0 amide bonds. The van der Waals surface area contributed by atoms with Crippen molar-refractivity contribution in [3.05, 3.63) is 35.4 Å². The molecular weight excluding hydrogens is 326 g/mol. The van der Waals surface area contributed by atoms with Crippen molar-refractivity contribution >= 4 is 0 Å². The van der Waals surface area contributed by atoms with E-state index < -0.39 is 23.5 Å². The Morgan fingerprint density at radius 2 is 1.40 bits per heavy atom. The second-order valence-corrected chi connectivity index (χ2v) is 6.31. The van der Waals surface area contributed by atoms with E-state index in [4.69, 9.17) is 9.47 Å². The minimum atomic E-state index is -1.88. The van der Waals surface area contributed by atoms with Crippen molar-refractivity contribution in [1.29, 1.82) is 0 Å². The number of unbranched alkanes of at least 4 members (excludes halogenated alkanes) is 5. The highest BCUT2D eigenvalue weighted by atomic mass is 19.1. The third-order valence-corrected chi connectivity index (χ3v) is 4.28. The van der Waals surface area contributed by atoms with Crippen LogP contribution in [-0.2, 0) is 9.47 Å². The fourth-order valence-corrected chi connectivity index (χ4v) is 3.12. The van der Waals surface area contributed by atoms with Crippen molar-refractivity contribution < 1.29 is 23.4 Å². The second-order valence-electron chi connectivity index (χ2n) is 6.31. The fourth-order valence-electron chi connectivity index (χ4n) is 3.12. The summed E-state index contributed by atoms with van der Waals surface area (Å²) in [7, 11) is 0. The summed E-state index contributed by atoms with van der Waals surface area (Å²) >= 11 is 0. The van der Waals surface area contributed by atoms with Crippen molar-refractivity contribution in [3.63, 3.8) is 0 Å². The average molecular weight is 358 g/mol. The van der Waals surface area contributed by atoms with Crippen LogP contribution in [0.5, 0.6) is 0 Å². The maximum atomic E-state index is 13.7. The van der Waals surface area contributed by atoms with E-state index in [1.807, 2.05) is 0 Å². The zero-order chi connectivity index (χ0) is 18.7. The van der Waals surface area contributed by atoms with Gasteiger partial charge in [-0.25, -0.2) is 8.78 Å². The highest BCUT2D eigenvalue weighted by Gasteiger charge is 2.40. The van der Waals surface area contributed by atoms with Gasteiger partial charge < -0.3 is 14.6 Å².